The van der Waals surface area contributed by atoms with Crippen LogP contribution in [-0.2, 0) is 5.92 Å². The maximum absolute atomic E-state index is 14.8. The highest BCUT2D eigenvalue weighted by Gasteiger charge is 2.37. The zero-order chi connectivity index (χ0) is 20.5. The van der Waals surface area contributed by atoms with Crippen molar-refractivity contribution >= 4 is 23.9 Å². The Bertz CT molecular complexity index is 903. The van der Waals surface area contributed by atoms with Crippen LogP contribution in [0, 0.1) is 0 Å². The number of carboxylic acid groups (broad SMARTS) is 4. The molecule has 0 saturated heterocycles. The molecule has 2 aromatic carbocycles. The van der Waals surface area contributed by atoms with Gasteiger partial charge >= 0.3 is 23.9 Å². The van der Waals surface area contributed by atoms with Gasteiger partial charge in [0.15, 0.2) is 0 Å². The third kappa shape index (κ3) is 3.59. The van der Waals surface area contributed by atoms with Crippen molar-refractivity contribution in [3.63, 3.8) is 0 Å². The van der Waals surface area contributed by atoms with Gasteiger partial charge in [-0.1, -0.05) is 12.1 Å². The summed E-state index contributed by atoms with van der Waals surface area (Å²) in [5.41, 5.74) is -4.95. The number of halogens is 2. The molecule has 0 radical (unpaired) electrons. The van der Waals surface area contributed by atoms with Gasteiger partial charge in [-0.15, -0.1) is 0 Å². The fraction of sp³-hybridized carbons (Fsp3) is 0.0588. The fourth-order valence-corrected chi connectivity index (χ4v) is 2.37. The van der Waals surface area contributed by atoms with E-state index in [1.54, 1.807) is 0 Å². The monoisotopic (exact) mass is 380 g/mol. The average Bonchev–Trinajstić information content (AvgIpc) is 2.60. The van der Waals surface area contributed by atoms with Crippen molar-refractivity contribution < 1.29 is 48.4 Å². The van der Waals surface area contributed by atoms with Crippen LogP contribution in [0.5, 0.6) is 0 Å². The van der Waals surface area contributed by atoms with Crippen LogP contribution in [0.1, 0.15) is 52.6 Å². The zero-order valence-electron chi connectivity index (χ0n) is 13.1. The Hall–Kier alpha value is -3.82. The SMILES string of the molecule is O=C(O)c1ccc(C(F)(F)c2ccc(C(=O)O)c(C(=O)O)c2)cc1C(=O)O. The number of carboxylic acids is 4. The van der Waals surface area contributed by atoms with E-state index >= 15 is 0 Å². The molecule has 140 valence electrons. The molecule has 0 aliphatic carbocycles. The molecule has 0 atom stereocenters. The van der Waals surface area contributed by atoms with Gasteiger partial charge in [-0.05, 0) is 24.3 Å². The van der Waals surface area contributed by atoms with Crippen molar-refractivity contribution in [1.82, 2.24) is 0 Å². The van der Waals surface area contributed by atoms with Gasteiger partial charge in [0.2, 0.25) is 0 Å². The molecule has 0 amide bonds. The number of alkyl halides is 2. The minimum Gasteiger partial charge on any atom is -0.478 e. The van der Waals surface area contributed by atoms with E-state index in [1.165, 1.54) is 0 Å². The lowest BCUT2D eigenvalue weighted by Gasteiger charge is -2.19. The summed E-state index contributed by atoms with van der Waals surface area (Å²) in [5, 5.41) is 35.9. The molecule has 0 aromatic heterocycles. The van der Waals surface area contributed by atoms with Gasteiger partial charge in [-0.2, -0.15) is 8.78 Å². The predicted molar refractivity (Wildman–Crippen MR) is 83.7 cm³/mol. The van der Waals surface area contributed by atoms with E-state index in [0.717, 1.165) is 0 Å². The summed E-state index contributed by atoms with van der Waals surface area (Å²) in [5.74, 6) is -10.6. The third-order valence-corrected chi connectivity index (χ3v) is 3.69. The van der Waals surface area contributed by atoms with Crippen LogP contribution in [0.2, 0.25) is 0 Å². The summed E-state index contributed by atoms with van der Waals surface area (Å²) >= 11 is 0. The fourth-order valence-electron chi connectivity index (χ4n) is 2.37. The maximum Gasteiger partial charge on any atom is 0.336 e. The van der Waals surface area contributed by atoms with Crippen LogP contribution >= 0.6 is 0 Å². The standard InChI is InChI=1S/C17H10F2O8/c18-17(19,7-1-3-9(13(20)21)11(5-7)15(24)25)8-2-4-10(14(22)23)12(6-8)16(26)27/h1-6H,(H,20,21)(H,22,23)(H,24,25)(H,26,27). The molecule has 0 aliphatic heterocycles. The van der Waals surface area contributed by atoms with Crippen LogP contribution in [0.25, 0.3) is 0 Å². The van der Waals surface area contributed by atoms with Gasteiger partial charge in [0, 0.05) is 11.1 Å². The third-order valence-electron chi connectivity index (χ3n) is 3.69. The van der Waals surface area contributed by atoms with E-state index in [9.17, 15) is 28.0 Å². The molecule has 0 fully saturated rings. The average molecular weight is 380 g/mol. The molecule has 0 heterocycles. The lowest BCUT2D eigenvalue weighted by atomic mass is 9.93. The lowest BCUT2D eigenvalue weighted by Crippen LogP contribution is -2.19. The van der Waals surface area contributed by atoms with E-state index in [1.807, 2.05) is 0 Å². The summed E-state index contributed by atoms with van der Waals surface area (Å²) in [7, 11) is 0. The largest absolute Gasteiger partial charge is 0.478 e. The van der Waals surface area contributed by atoms with Gasteiger partial charge in [0.05, 0.1) is 22.3 Å². The van der Waals surface area contributed by atoms with Gasteiger partial charge in [0.1, 0.15) is 0 Å². The van der Waals surface area contributed by atoms with E-state index < -0.39 is 63.2 Å². The molecular formula is C17H10F2O8. The smallest absolute Gasteiger partial charge is 0.336 e. The quantitative estimate of drug-likeness (QED) is 0.597. The van der Waals surface area contributed by atoms with Gasteiger partial charge < -0.3 is 20.4 Å². The number of hydrogen-bond donors (Lipinski definition) is 4. The molecule has 2 rings (SSSR count). The first-order valence-corrected chi connectivity index (χ1v) is 7.06. The topological polar surface area (TPSA) is 149 Å². The Morgan fingerprint density at radius 2 is 0.889 bits per heavy atom. The summed E-state index contributed by atoms with van der Waals surface area (Å²) < 4.78 is 29.5. The predicted octanol–water partition coefficient (Wildman–Crippen LogP) is 2.62. The maximum atomic E-state index is 14.8. The van der Waals surface area contributed by atoms with Crippen molar-refractivity contribution in [3.8, 4) is 0 Å². The number of aromatic carboxylic acids is 4. The summed E-state index contributed by atoms with van der Waals surface area (Å²) in [4.78, 5) is 44.3. The minimum absolute atomic E-state index is 0.470. The molecule has 0 saturated carbocycles. The van der Waals surface area contributed by atoms with Gasteiger partial charge in [-0.3, -0.25) is 0 Å². The van der Waals surface area contributed by atoms with E-state index in [0.29, 0.717) is 36.4 Å². The van der Waals surface area contributed by atoms with E-state index in [2.05, 4.69) is 0 Å². The zero-order valence-corrected chi connectivity index (χ0v) is 13.1. The molecule has 10 heteroatoms. The Morgan fingerprint density at radius 1 is 0.593 bits per heavy atom. The van der Waals surface area contributed by atoms with Crippen LogP contribution < -0.4 is 0 Å². The first kappa shape index (κ1) is 19.5. The summed E-state index contributed by atoms with van der Waals surface area (Å²) in [6.07, 6.45) is 0. The molecule has 0 bridgehead atoms. The number of hydrogen-bond acceptors (Lipinski definition) is 4. The molecular weight excluding hydrogens is 370 g/mol. The first-order valence-electron chi connectivity index (χ1n) is 7.06. The number of carbonyl (C=O) groups is 4. The Morgan fingerprint density at radius 3 is 1.15 bits per heavy atom. The van der Waals surface area contributed by atoms with Gasteiger partial charge in [-0.25, -0.2) is 19.2 Å². The second-order valence-corrected chi connectivity index (χ2v) is 5.32. The number of rotatable bonds is 6. The summed E-state index contributed by atoms with van der Waals surface area (Å²) in [6, 6.07) is 3.72. The normalized spacial score (nSPS) is 11.0. The Kier molecular flexibility index (Phi) is 4.93. The second-order valence-electron chi connectivity index (χ2n) is 5.32. The van der Waals surface area contributed by atoms with E-state index in [4.69, 9.17) is 20.4 Å². The molecule has 0 unspecified atom stereocenters. The van der Waals surface area contributed by atoms with Crippen molar-refractivity contribution in [1.29, 1.82) is 0 Å². The van der Waals surface area contributed by atoms with Crippen LogP contribution in [0.4, 0.5) is 8.78 Å². The molecule has 8 nitrogen and oxygen atoms in total. The van der Waals surface area contributed by atoms with Crippen molar-refractivity contribution in [2.24, 2.45) is 0 Å². The Balaban J connectivity index is 2.65. The molecule has 27 heavy (non-hydrogen) atoms. The molecule has 0 aliphatic rings. The lowest BCUT2D eigenvalue weighted by molar-refractivity contribution is 0.0421. The van der Waals surface area contributed by atoms with Crippen LogP contribution in [-0.4, -0.2) is 44.3 Å². The van der Waals surface area contributed by atoms with Crippen molar-refractivity contribution in [2.45, 2.75) is 5.92 Å². The first-order chi connectivity index (χ1) is 12.5. The minimum atomic E-state index is -3.91. The molecule has 2 aromatic rings. The molecule has 4 N–H and O–H groups in total. The van der Waals surface area contributed by atoms with E-state index in [-0.39, 0.29) is 0 Å². The van der Waals surface area contributed by atoms with Crippen molar-refractivity contribution in [2.75, 3.05) is 0 Å². The highest BCUT2D eigenvalue weighted by molar-refractivity contribution is 6.02. The second kappa shape index (κ2) is 6.83. The van der Waals surface area contributed by atoms with Gasteiger partial charge in [0.25, 0.3) is 5.92 Å². The van der Waals surface area contributed by atoms with Crippen LogP contribution in [0.3, 0.4) is 0 Å². The highest BCUT2D eigenvalue weighted by atomic mass is 19.3. The summed E-state index contributed by atoms with van der Waals surface area (Å²) in [6.45, 7) is 0. The van der Waals surface area contributed by atoms with Crippen molar-refractivity contribution in [3.05, 3.63) is 69.8 Å². The molecule has 0 spiro atoms. The van der Waals surface area contributed by atoms with Crippen LogP contribution in [0.15, 0.2) is 36.4 Å². The number of benzene rings is 2. The highest BCUT2D eigenvalue weighted by Crippen LogP contribution is 2.37. The Labute approximate surface area is 148 Å².